The average Bonchev–Trinajstić information content (AvgIpc) is 3.56. The van der Waals surface area contributed by atoms with Crippen LogP contribution in [0, 0.1) is 0 Å². The number of ether oxygens (including phenoxy) is 1. The van der Waals surface area contributed by atoms with E-state index in [9.17, 15) is 18.0 Å². The molecule has 6 rings (SSSR count). The van der Waals surface area contributed by atoms with Gasteiger partial charge in [-0.3, -0.25) is 10.3 Å². The van der Waals surface area contributed by atoms with Crippen LogP contribution in [0.1, 0.15) is 37.6 Å². The summed E-state index contributed by atoms with van der Waals surface area (Å²) in [5.41, 5.74) is 3.45. The van der Waals surface area contributed by atoms with Crippen molar-refractivity contribution < 1.29 is 22.7 Å². The van der Waals surface area contributed by atoms with Gasteiger partial charge >= 0.3 is 22.3 Å². The van der Waals surface area contributed by atoms with Crippen LogP contribution >= 0.6 is 0 Å². The van der Waals surface area contributed by atoms with E-state index in [4.69, 9.17) is 9.84 Å². The van der Waals surface area contributed by atoms with Gasteiger partial charge in [0.25, 0.3) is 0 Å². The second-order valence-corrected chi connectivity index (χ2v) is 13.9. The van der Waals surface area contributed by atoms with Gasteiger partial charge in [0, 0.05) is 48.1 Å². The van der Waals surface area contributed by atoms with Crippen molar-refractivity contribution >= 4 is 44.5 Å². The number of rotatable bonds is 9. The molecule has 3 heterocycles. The molecule has 3 aromatic carbocycles. The lowest BCUT2D eigenvalue weighted by Gasteiger charge is -2.20. The number of urea groups is 2. The van der Waals surface area contributed by atoms with Crippen molar-refractivity contribution in [3.8, 4) is 11.4 Å². The number of nitrogens with zero attached hydrogens (tertiary/aromatic N) is 5. The number of benzene rings is 3. The summed E-state index contributed by atoms with van der Waals surface area (Å²) in [4.78, 5) is 29.5. The molecule has 1 saturated heterocycles. The number of fused-ring (bicyclic) bond motifs is 1. The molecule has 0 radical (unpaired) electrons. The van der Waals surface area contributed by atoms with Gasteiger partial charge in [0.1, 0.15) is 11.6 Å². The van der Waals surface area contributed by atoms with E-state index < -0.39 is 22.3 Å². The first-order valence-corrected chi connectivity index (χ1v) is 16.7. The first-order valence-electron chi connectivity index (χ1n) is 15.3. The molecule has 1 fully saturated rings. The molecule has 13 nitrogen and oxygen atoms in total. The Bertz CT molecular complexity index is 2080. The smallest absolute Gasteiger partial charge is 0.347 e. The molecule has 5 aromatic rings. The van der Waals surface area contributed by atoms with Crippen molar-refractivity contribution in [2.24, 2.45) is 0 Å². The molecule has 0 atom stereocenters. The van der Waals surface area contributed by atoms with Gasteiger partial charge in [-0.25, -0.2) is 24.0 Å². The van der Waals surface area contributed by atoms with Gasteiger partial charge in [-0.2, -0.15) is 13.5 Å². The van der Waals surface area contributed by atoms with Gasteiger partial charge in [-0.05, 0) is 41.5 Å². The lowest BCUT2D eigenvalue weighted by molar-refractivity contribution is 0.132. The molecule has 48 heavy (non-hydrogen) atoms. The fourth-order valence-electron chi connectivity index (χ4n) is 5.22. The zero-order valence-corrected chi connectivity index (χ0v) is 27.8. The summed E-state index contributed by atoms with van der Waals surface area (Å²) in [6.45, 7) is 6.53. The first kappa shape index (κ1) is 32.5. The van der Waals surface area contributed by atoms with Gasteiger partial charge in [-0.15, -0.1) is 0 Å². The van der Waals surface area contributed by atoms with Crippen molar-refractivity contribution in [1.29, 1.82) is 0 Å². The highest BCUT2D eigenvalue weighted by Gasteiger charge is 2.38. The van der Waals surface area contributed by atoms with Crippen LogP contribution in [0.15, 0.2) is 91.3 Å². The summed E-state index contributed by atoms with van der Waals surface area (Å²) in [6, 6.07) is 23.0. The topological polar surface area (TPSA) is 151 Å². The fourth-order valence-corrected chi connectivity index (χ4v) is 6.39. The number of anilines is 2. The average molecular weight is 669 g/mol. The molecule has 2 aromatic heterocycles. The third-order valence-electron chi connectivity index (χ3n) is 7.84. The van der Waals surface area contributed by atoms with E-state index >= 15 is 0 Å². The quantitative estimate of drug-likeness (QED) is 0.185. The van der Waals surface area contributed by atoms with Crippen molar-refractivity contribution in [3.05, 3.63) is 108 Å². The SMILES string of the molecule is CN1C(=O)NS(=O)(=O)N1Cc1ccc(-n2nc(C(C)(C)C)cc2NC(=O)Nc2ccc(OCCc3cccnc3)c3ccccc23)cc1. The predicted molar refractivity (Wildman–Crippen MR) is 183 cm³/mol. The van der Waals surface area contributed by atoms with E-state index in [2.05, 4.69) is 15.6 Å². The normalized spacial score (nSPS) is 14.6. The number of nitrogens with one attached hydrogen (secondary N) is 3. The summed E-state index contributed by atoms with van der Waals surface area (Å²) in [5, 5.41) is 13.4. The van der Waals surface area contributed by atoms with Crippen LogP contribution in [-0.2, 0) is 28.6 Å². The maximum Gasteiger partial charge on any atom is 0.347 e. The summed E-state index contributed by atoms with van der Waals surface area (Å²) in [5.74, 6) is 1.16. The predicted octanol–water partition coefficient (Wildman–Crippen LogP) is 5.60. The first-order chi connectivity index (χ1) is 22.9. The maximum absolute atomic E-state index is 13.4. The van der Waals surface area contributed by atoms with Crippen molar-refractivity contribution in [2.45, 2.75) is 39.2 Å². The monoisotopic (exact) mass is 668 g/mol. The number of aromatic nitrogens is 3. The zero-order chi connectivity index (χ0) is 34.1. The maximum atomic E-state index is 13.4. The molecule has 248 valence electrons. The molecule has 4 amide bonds. The number of hydrogen-bond donors (Lipinski definition) is 3. The summed E-state index contributed by atoms with van der Waals surface area (Å²) in [6.07, 6.45) is 4.28. The number of pyridine rings is 1. The molecule has 0 bridgehead atoms. The van der Waals surface area contributed by atoms with E-state index in [-0.39, 0.29) is 12.0 Å². The summed E-state index contributed by atoms with van der Waals surface area (Å²) >= 11 is 0. The number of carbonyl (C=O) groups is 2. The Morgan fingerprint density at radius 1 is 0.938 bits per heavy atom. The van der Waals surface area contributed by atoms with Crippen LogP contribution in [0.5, 0.6) is 5.75 Å². The third kappa shape index (κ3) is 6.94. The second-order valence-electron chi connectivity index (χ2n) is 12.4. The minimum absolute atomic E-state index is 0.0417. The van der Waals surface area contributed by atoms with E-state index in [0.717, 1.165) is 31.5 Å². The van der Waals surface area contributed by atoms with E-state index in [1.165, 1.54) is 7.05 Å². The summed E-state index contributed by atoms with van der Waals surface area (Å²) < 4.78 is 35.3. The minimum Gasteiger partial charge on any atom is -0.493 e. The molecule has 0 aliphatic carbocycles. The fraction of sp³-hybridized carbons (Fsp3) is 0.235. The Labute approximate surface area is 278 Å². The summed E-state index contributed by atoms with van der Waals surface area (Å²) in [7, 11) is -2.58. The standard InChI is InChI=1S/C34H36N8O5S/c1-34(2,3)30-20-31(42(38-30)25-13-11-24(12-14-25)22-41-40(4)33(44)39-48(41,45)46)37-32(43)36-28-15-16-29(27-10-6-5-9-26(27)28)47-19-17-23-8-7-18-35-21-23/h5-16,18,20-21H,17,19,22H2,1-4H3,(H,39,44)(H2,36,37,43). The van der Waals surface area contributed by atoms with E-state index in [1.54, 1.807) is 35.1 Å². The van der Waals surface area contributed by atoms with Gasteiger partial charge in [0.05, 0.1) is 30.2 Å². The van der Waals surface area contributed by atoms with Gasteiger partial charge in [0.2, 0.25) is 0 Å². The Morgan fingerprint density at radius 3 is 2.35 bits per heavy atom. The van der Waals surface area contributed by atoms with Crippen LogP contribution in [-0.4, -0.2) is 58.3 Å². The largest absolute Gasteiger partial charge is 0.493 e. The number of carbonyl (C=O) groups excluding carboxylic acids is 2. The number of hydrazine groups is 1. The molecule has 0 spiro atoms. The molecule has 14 heteroatoms. The lowest BCUT2D eigenvalue weighted by Crippen LogP contribution is -2.36. The van der Waals surface area contributed by atoms with Crippen LogP contribution < -0.4 is 20.1 Å². The van der Waals surface area contributed by atoms with Crippen LogP contribution in [0.3, 0.4) is 0 Å². The van der Waals surface area contributed by atoms with Crippen molar-refractivity contribution in [3.63, 3.8) is 0 Å². The highest BCUT2D eigenvalue weighted by atomic mass is 32.2. The molecular formula is C34H36N8O5S. The number of hydrogen-bond acceptors (Lipinski definition) is 7. The van der Waals surface area contributed by atoms with E-state index in [0.29, 0.717) is 41.5 Å². The van der Waals surface area contributed by atoms with Gasteiger partial charge in [0.15, 0.2) is 0 Å². The Morgan fingerprint density at radius 2 is 1.69 bits per heavy atom. The van der Waals surface area contributed by atoms with Gasteiger partial charge in [-0.1, -0.05) is 67.6 Å². The van der Waals surface area contributed by atoms with Crippen LogP contribution in [0.4, 0.5) is 21.1 Å². The van der Waals surface area contributed by atoms with Gasteiger partial charge < -0.3 is 10.1 Å². The molecule has 0 unspecified atom stereocenters. The van der Waals surface area contributed by atoms with Crippen molar-refractivity contribution in [1.82, 2.24) is 28.9 Å². The Balaban J connectivity index is 1.20. The molecule has 1 aliphatic heterocycles. The Kier molecular flexibility index (Phi) is 8.77. The minimum atomic E-state index is -3.96. The molecule has 1 aliphatic rings. The number of amides is 4. The third-order valence-corrected chi connectivity index (χ3v) is 9.21. The second kappa shape index (κ2) is 13.0. The molecule has 0 saturated carbocycles. The van der Waals surface area contributed by atoms with E-state index in [1.807, 2.05) is 86.3 Å². The lowest BCUT2D eigenvalue weighted by atomic mass is 9.92. The van der Waals surface area contributed by atoms with Crippen molar-refractivity contribution in [2.75, 3.05) is 24.3 Å². The molecule has 3 N–H and O–H groups in total. The highest BCUT2D eigenvalue weighted by Crippen LogP contribution is 2.32. The molecular weight excluding hydrogens is 632 g/mol. The highest BCUT2D eigenvalue weighted by molar-refractivity contribution is 7.88. The zero-order valence-electron chi connectivity index (χ0n) is 27.0. The van der Waals surface area contributed by atoms with Crippen LogP contribution in [0.2, 0.25) is 0 Å². The van der Waals surface area contributed by atoms with Crippen LogP contribution in [0.25, 0.3) is 16.5 Å². The Hall–Kier alpha value is -5.47.